The highest BCUT2D eigenvalue weighted by Crippen LogP contribution is 2.60. The van der Waals surface area contributed by atoms with Gasteiger partial charge in [0.2, 0.25) is 0 Å². The highest BCUT2D eigenvalue weighted by Gasteiger charge is 2.47. The van der Waals surface area contributed by atoms with Gasteiger partial charge in [-0.3, -0.25) is 4.57 Å². The smallest absolute Gasteiger partial charge is 0.145 e. The van der Waals surface area contributed by atoms with Crippen molar-refractivity contribution in [1.29, 1.82) is 5.26 Å². The van der Waals surface area contributed by atoms with Crippen molar-refractivity contribution in [3.8, 4) is 45.4 Å². The molecule has 10 aromatic rings. The van der Waals surface area contributed by atoms with E-state index in [9.17, 15) is 5.26 Å². The molecule has 1 aliphatic rings. The number of hydrogen-bond donors (Lipinski definition) is 0. The fourth-order valence-corrected chi connectivity index (χ4v) is 8.99. The second-order valence-corrected chi connectivity index (χ2v) is 14.2. The molecule has 256 valence electrons. The van der Waals surface area contributed by atoms with E-state index in [1.165, 1.54) is 27.8 Å². The van der Waals surface area contributed by atoms with Crippen molar-refractivity contribution in [1.82, 2.24) is 9.55 Å². The van der Waals surface area contributed by atoms with Crippen LogP contribution in [-0.2, 0) is 5.41 Å². The van der Waals surface area contributed by atoms with Crippen molar-refractivity contribution in [3.05, 3.63) is 216 Å². The molecule has 4 nitrogen and oxygen atoms in total. The lowest BCUT2D eigenvalue weighted by molar-refractivity contribution is 0.669. The van der Waals surface area contributed by atoms with Gasteiger partial charge in [-0.2, -0.15) is 5.26 Å². The molecule has 1 unspecified atom stereocenters. The Morgan fingerprint density at radius 2 is 1.22 bits per heavy atom. The molecule has 4 heteroatoms. The summed E-state index contributed by atoms with van der Waals surface area (Å²) >= 11 is 0. The molecule has 0 amide bonds. The summed E-state index contributed by atoms with van der Waals surface area (Å²) in [7, 11) is 0. The molecular formula is C51H31N3O. The first-order chi connectivity index (χ1) is 27.2. The summed E-state index contributed by atoms with van der Waals surface area (Å²) in [6, 6.07) is 68.4. The van der Waals surface area contributed by atoms with Gasteiger partial charge >= 0.3 is 0 Å². The number of aromatic nitrogens is 2. The Kier molecular flexibility index (Phi) is 6.80. The maximum Gasteiger partial charge on any atom is 0.145 e. The summed E-state index contributed by atoms with van der Waals surface area (Å²) in [5.41, 5.74) is 14.9. The van der Waals surface area contributed by atoms with E-state index in [0.29, 0.717) is 5.56 Å². The molecule has 1 aliphatic carbocycles. The molecule has 0 saturated carbocycles. The Balaban J connectivity index is 1.22. The third-order valence-electron chi connectivity index (χ3n) is 11.3. The summed E-state index contributed by atoms with van der Waals surface area (Å²) < 4.78 is 9.03. The van der Waals surface area contributed by atoms with Crippen LogP contribution in [0, 0.1) is 11.3 Å². The average Bonchev–Trinajstić information content (AvgIpc) is 3.93. The molecular weight excluding hydrogens is 671 g/mol. The molecule has 0 N–H and O–H groups in total. The lowest BCUT2D eigenvalue weighted by Crippen LogP contribution is -2.28. The number of furan rings is 1. The maximum atomic E-state index is 9.64. The standard InChI is InChI=1S/C51H31N3O/c52-32-33-23-25-34(26-24-33)41-31-43-47(48-40-18-8-12-22-46(40)55-49(41)48)39-17-7-9-19-42(39)51(43,36-13-3-1-4-14-36)37-29-27-35(28-30-37)50-53-44-20-10-11-21-45(44)54(50)38-15-5-2-6-16-38/h1-31H. The molecule has 0 radical (unpaired) electrons. The quantitative estimate of drug-likeness (QED) is 0.179. The zero-order valence-electron chi connectivity index (χ0n) is 29.6. The van der Waals surface area contributed by atoms with Crippen molar-refractivity contribution in [2.45, 2.75) is 5.41 Å². The van der Waals surface area contributed by atoms with E-state index in [4.69, 9.17) is 9.40 Å². The van der Waals surface area contributed by atoms with Crippen molar-refractivity contribution in [3.63, 3.8) is 0 Å². The number of rotatable bonds is 5. The number of imidazole rings is 1. The number of para-hydroxylation sites is 4. The van der Waals surface area contributed by atoms with Crippen LogP contribution < -0.4 is 0 Å². The van der Waals surface area contributed by atoms with E-state index >= 15 is 0 Å². The fourth-order valence-electron chi connectivity index (χ4n) is 8.99. The zero-order valence-corrected chi connectivity index (χ0v) is 29.6. The SMILES string of the molecule is N#Cc1ccc(-c2cc3c(c4c2oc2ccccc24)-c2ccccc2C3(c2ccccc2)c2ccc(-c3nc4ccccc4n3-c3ccccc3)cc2)cc1. The lowest BCUT2D eigenvalue weighted by atomic mass is 9.67. The topological polar surface area (TPSA) is 54.8 Å². The van der Waals surface area contributed by atoms with Crippen LogP contribution in [0.2, 0.25) is 0 Å². The number of hydrogen-bond acceptors (Lipinski definition) is 3. The van der Waals surface area contributed by atoms with E-state index in [1.54, 1.807) is 0 Å². The first-order valence-corrected chi connectivity index (χ1v) is 18.5. The van der Waals surface area contributed by atoms with Crippen molar-refractivity contribution in [2.24, 2.45) is 0 Å². The van der Waals surface area contributed by atoms with E-state index in [0.717, 1.165) is 66.7 Å². The molecule has 55 heavy (non-hydrogen) atoms. The van der Waals surface area contributed by atoms with Gasteiger partial charge in [0.15, 0.2) is 0 Å². The summed E-state index contributed by atoms with van der Waals surface area (Å²) in [4.78, 5) is 5.18. The Morgan fingerprint density at radius 3 is 2.02 bits per heavy atom. The number of benzene rings is 8. The van der Waals surface area contributed by atoms with Crippen LogP contribution in [-0.4, -0.2) is 9.55 Å². The molecule has 2 aromatic heterocycles. The van der Waals surface area contributed by atoms with Gasteiger partial charge < -0.3 is 4.42 Å². The largest absolute Gasteiger partial charge is 0.455 e. The van der Waals surface area contributed by atoms with Gasteiger partial charge in [-0.05, 0) is 87.5 Å². The zero-order chi connectivity index (χ0) is 36.5. The van der Waals surface area contributed by atoms with E-state index in [1.807, 2.05) is 42.5 Å². The molecule has 11 rings (SSSR count). The minimum absolute atomic E-state index is 0.623. The first-order valence-electron chi connectivity index (χ1n) is 18.5. The van der Waals surface area contributed by atoms with Crippen molar-refractivity contribution >= 4 is 33.0 Å². The maximum absolute atomic E-state index is 9.64. The van der Waals surface area contributed by atoms with Crippen molar-refractivity contribution < 1.29 is 4.42 Å². The van der Waals surface area contributed by atoms with Crippen LogP contribution in [0.3, 0.4) is 0 Å². The summed E-state index contributed by atoms with van der Waals surface area (Å²) in [5.74, 6) is 0.898. The second kappa shape index (κ2) is 12.0. The number of fused-ring (bicyclic) bond motifs is 8. The Labute approximate surface area is 317 Å². The van der Waals surface area contributed by atoms with E-state index in [-0.39, 0.29) is 0 Å². The van der Waals surface area contributed by atoms with Gasteiger partial charge in [0.25, 0.3) is 0 Å². The van der Waals surface area contributed by atoms with Gasteiger partial charge in [0.1, 0.15) is 17.0 Å². The highest BCUT2D eigenvalue weighted by molar-refractivity contribution is 6.19. The number of nitriles is 1. The van der Waals surface area contributed by atoms with Crippen molar-refractivity contribution in [2.75, 3.05) is 0 Å². The molecule has 1 atom stereocenters. The van der Waals surface area contributed by atoms with Crippen LogP contribution in [0.5, 0.6) is 0 Å². The van der Waals surface area contributed by atoms with Crippen LogP contribution in [0.15, 0.2) is 192 Å². The molecule has 0 spiro atoms. The van der Waals surface area contributed by atoms with Crippen LogP contribution >= 0.6 is 0 Å². The Morgan fingerprint density at radius 1 is 0.564 bits per heavy atom. The number of nitrogens with zero attached hydrogens (tertiary/aromatic N) is 3. The second-order valence-electron chi connectivity index (χ2n) is 14.2. The normalized spacial score (nSPS) is 14.6. The fraction of sp³-hybridized carbons (Fsp3) is 0.0196. The van der Waals surface area contributed by atoms with Gasteiger partial charge in [-0.1, -0.05) is 140 Å². The molecule has 0 bridgehead atoms. The van der Waals surface area contributed by atoms with E-state index < -0.39 is 5.41 Å². The van der Waals surface area contributed by atoms with Crippen LogP contribution in [0.4, 0.5) is 0 Å². The van der Waals surface area contributed by atoms with Gasteiger partial charge in [0.05, 0.1) is 28.1 Å². The minimum atomic E-state index is -0.654. The summed E-state index contributed by atoms with van der Waals surface area (Å²) in [6.45, 7) is 0. The first kappa shape index (κ1) is 31.1. The Bertz CT molecular complexity index is 3130. The van der Waals surface area contributed by atoms with Gasteiger partial charge in [-0.15, -0.1) is 0 Å². The highest BCUT2D eigenvalue weighted by atomic mass is 16.3. The van der Waals surface area contributed by atoms with Gasteiger partial charge in [0, 0.05) is 27.6 Å². The Hall–Kier alpha value is -7.48. The van der Waals surface area contributed by atoms with E-state index in [2.05, 4.69) is 156 Å². The predicted octanol–water partition coefficient (Wildman–Crippen LogP) is 12.5. The van der Waals surface area contributed by atoms with Crippen LogP contribution in [0.1, 0.15) is 27.8 Å². The van der Waals surface area contributed by atoms with Gasteiger partial charge in [-0.25, -0.2) is 4.98 Å². The lowest BCUT2D eigenvalue weighted by Gasteiger charge is -2.34. The summed E-state index contributed by atoms with van der Waals surface area (Å²) in [5, 5.41) is 11.8. The minimum Gasteiger partial charge on any atom is -0.455 e. The molecule has 0 aliphatic heterocycles. The average molecular weight is 702 g/mol. The molecule has 0 saturated heterocycles. The summed E-state index contributed by atoms with van der Waals surface area (Å²) in [6.07, 6.45) is 0. The predicted molar refractivity (Wildman–Crippen MR) is 221 cm³/mol. The third-order valence-corrected chi connectivity index (χ3v) is 11.3. The molecule has 2 heterocycles. The monoisotopic (exact) mass is 701 g/mol. The molecule has 8 aromatic carbocycles. The van der Waals surface area contributed by atoms with Crippen LogP contribution in [0.25, 0.3) is 72.3 Å². The molecule has 0 fully saturated rings. The third kappa shape index (κ3) is 4.48.